The molecule has 1 saturated carbocycles. The van der Waals surface area contributed by atoms with Gasteiger partial charge in [-0.2, -0.15) is 5.26 Å². The maximum Gasteiger partial charge on any atom is 0.263 e. The van der Waals surface area contributed by atoms with Crippen LogP contribution in [0.1, 0.15) is 42.2 Å². The number of rotatable bonds is 6. The predicted octanol–water partition coefficient (Wildman–Crippen LogP) is 4.84. The lowest BCUT2D eigenvalue weighted by Crippen LogP contribution is -2.33. The molecule has 31 heavy (non-hydrogen) atoms. The monoisotopic (exact) mass is 452 g/mol. The van der Waals surface area contributed by atoms with E-state index in [4.69, 9.17) is 4.98 Å². The number of anilines is 1. The molecule has 1 aromatic carbocycles. The Bertz CT molecular complexity index is 1200. The lowest BCUT2D eigenvalue weighted by atomic mass is 10.2. The smallest absolute Gasteiger partial charge is 0.263 e. The summed E-state index contributed by atoms with van der Waals surface area (Å²) in [6.45, 7) is 3.97. The molecular formula is C23H24N4O2S2. The van der Waals surface area contributed by atoms with Crippen LogP contribution >= 0.6 is 23.1 Å². The van der Waals surface area contributed by atoms with Gasteiger partial charge in [0.1, 0.15) is 11.4 Å². The van der Waals surface area contributed by atoms with E-state index in [-0.39, 0.29) is 29.8 Å². The lowest BCUT2D eigenvalue weighted by Gasteiger charge is -2.21. The van der Waals surface area contributed by atoms with Crippen LogP contribution in [0, 0.1) is 25.2 Å². The average molecular weight is 453 g/mol. The molecule has 1 fully saturated rings. The van der Waals surface area contributed by atoms with Crippen molar-refractivity contribution in [3.05, 3.63) is 51.1 Å². The fourth-order valence-corrected chi connectivity index (χ4v) is 6.09. The van der Waals surface area contributed by atoms with Gasteiger partial charge in [-0.3, -0.25) is 19.1 Å². The second-order valence-electron chi connectivity index (χ2n) is 7.73. The molecule has 0 radical (unpaired) electrons. The molecule has 1 aliphatic carbocycles. The molecule has 1 aliphatic rings. The van der Waals surface area contributed by atoms with Crippen molar-refractivity contribution in [1.29, 1.82) is 5.26 Å². The van der Waals surface area contributed by atoms with Crippen molar-refractivity contribution in [2.24, 2.45) is 0 Å². The number of benzene rings is 1. The number of nitriles is 1. The molecule has 4 rings (SSSR count). The number of amides is 1. The summed E-state index contributed by atoms with van der Waals surface area (Å²) in [4.78, 5) is 34.6. The van der Waals surface area contributed by atoms with Crippen molar-refractivity contribution in [3.8, 4) is 6.07 Å². The van der Waals surface area contributed by atoms with Gasteiger partial charge in [0, 0.05) is 16.6 Å². The summed E-state index contributed by atoms with van der Waals surface area (Å²) in [7, 11) is 0. The Balaban J connectivity index is 1.67. The van der Waals surface area contributed by atoms with E-state index in [9.17, 15) is 14.9 Å². The highest BCUT2D eigenvalue weighted by molar-refractivity contribution is 7.99. The topological polar surface area (TPSA) is 79.0 Å². The number of thiophene rings is 1. The minimum Gasteiger partial charge on any atom is -0.298 e. The van der Waals surface area contributed by atoms with Crippen LogP contribution in [0.25, 0.3) is 10.2 Å². The number of para-hydroxylation sites is 1. The highest BCUT2D eigenvalue weighted by Crippen LogP contribution is 2.34. The van der Waals surface area contributed by atoms with Crippen LogP contribution in [-0.4, -0.2) is 27.8 Å². The summed E-state index contributed by atoms with van der Waals surface area (Å²) >= 11 is 2.82. The Morgan fingerprint density at radius 3 is 2.68 bits per heavy atom. The van der Waals surface area contributed by atoms with E-state index in [1.54, 1.807) is 0 Å². The van der Waals surface area contributed by atoms with Crippen LogP contribution in [-0.2, 0) is 4.79 Å². The van der Waals surface area contributed by atoms with Gasteiger partial charge in [-0.1, -0.05) is 42.8 Å². The van der Waals surface area contributed by atoms with Gasteiger partial charge in [-0.15, -0.1) is 11.3 Å². The van der Waals surface area contributed by atoms with E-state index in [1.807, 2.05) is 48.7 Å². The van der Waals surface area contributed by atoms with E-state index < -0.39 is 0 Å². The van der Waals surface area contributed by atoms with Gasteiger partial charge >= 0.3 is 0 Å². The quantitative estimate of drug-likeness (QED) is 0.304. The molecule has 160 valence electrons. The highest BCUT2D eigenvalue weighted by atomic mass is 32.2. The van der Waals surface area contributed by atoms with E-state index in [2.05, 4.69) is 6.07 Å². The normalized spacial score (nSPS) is 14.1. The van der Waals surface area contributed by atoms with Crippen LogP contribution in [0.3, 0.4) is 0 Å². The van der Waals surface area contributed by atoms with Crippen molar-refractivity contribution in [3.63, 3.8) is 0 Å². The summed E-state index contributed by atoms with van der Waals surface area (Å²) in [6, 6.07) is 11.4. The number of aromatic nitrogens is 2. The zero-order chi connectivity index (χ0) is 22.0. The first-order valence-corrected chi connectivity index (χ1v) is 12.2. The first kappa shape index (κ1) is 21.6. The number of hydrogen-bond acceptors (Lipinski definition) is 6. The van der Waals surface area contributed by atoms with Crippen LogP contribution in [0.4, 0.5) is 5.69 Å². The van der Waals surface area contributed by atoms with Crippen LogP contribution in [0.2, 0.25) is 0 Å². The van der Waals surface area contributed by atoms with Crippen LogP contribution < -0.4 is 10.5 Å². The molecule has 0 saturated heterocycles. The van der Waals surface area contributed by atoms with Gasteiger partial charge in [0.25, 0.3) is 5.56 Å². The molecular weight excluding hydrogens is 428 g/mol. The molecule has 3 aromatic rings. The molecule has 0 unspecified atom stereocenters. The van der Waals surface area contributed by atoms with Crippen LogP contribution in [0.15, 0.2) is 40.3 Å². The van der Waals surface area contributed by atoms with Gasteiger partial charge in [0.15, 0.2) is 5.16 Å². The minimum absolute atomic E-state index is 0.00522. The standard InChI is InChI=1S/C23H24N4O2S2/c1-15-16(2)31-21-20(15)22(29)27(18-10-6-7-11-18)23(25-21)30-14-19(28)26(13-12-24)17-8-4-3-5-9-17/h3-5,8-9,18H,6-7,10-11,13-14H2,1-2H3. The first-order valence-electron chi connectivity index (χ1n) is 10.4. The molecule has 2 heterocycles. The number of carbonyl (C=O) groups excluding carboxylic acids is 1. The zero-order valence-electron chi connectivity index (χ0n) is 17.6. The molecule has 8 heteroatoms. The van der Waals surface area contributed by atoms with E-state index in [0.29, 0.717) is 16.2 Å². The van der Waals surface area contributed by atoms with Gasteiger partial charge in [0.05, 0.1) is 17.2 Å². The van der Waals surface area contributed by atoms with E-state index in [0.717, 1.165) is 41.0 Å². The maximum atomic E-state index is 13.5. The second-order valence-corrected chi connectivity index (χ2v) is 9.88. The van der Waals surface area contributed by atoms with Crippen LogP contribution in [0.5, 0.6) is 0 Å². The number of nitrogens with zero attached hydrogens (tertiary/aromatic N) is 4. The molecule has 0 bridgehead atoms. The summed E-state index contributed by atoms with van der Waals surface area (Å²) in [6.07, 6.45) is 4.12. The van der Waals surface area contributed by atoms with Gasteiger partial charge < -0.3 is 0 Å². The van der Waals surface area contributed by atoms with Crippen molar-refractivity contribution < 1.29 is 4.79 Å². The number of carbonyl (C=O) groups is 1. The third-order valence-corrected chi connectivity index (χ3v) is 7.85. The molecule has 6 nitrogen and oxygen atoms in total. The van der Waals surface area contributed by atoms with Crippen molar-refractivity contribution in [1.82, 2.24) is 9.55 Å². The average Bonchev–Trinajstić information content (AvgIpc) is 3.39. The SMILES string of the molecule is Cc1sc2nc(SCC(=O)N(CC#N)c3ccccc3)n(C3CCCC3)c(=O)c2c1C. The number of fused-ring (bicyclic) bond motifs is 1. The largest absolute Gasteiger partial charge is 0.298 e. The Hall–Kier alpha value is -2.63. The van der Waals surface area contributed by atoms with E-state index in [1.165, 1.54) is 28.0 Å². The Morgan fingerprint density at radius 2 is 2.00 bits per heavy atom. The van der Waals surface area contributed by atoms with E-state index >= 15 is 0 Å². The molecule has 1 amide bonds. The summed E-state index contributed by atoms with van der Waals surface area (Å²) < 4.78 is 1.82. The van der Waals surface area contributed by atoms with Gasteiger partial charge in [-0.25, -0.2) is 4.98 Å². The number of aryl methyl sites for hydroxylation is 2. The van der Waals surface area contributed by atoms with Crippen molar-refractivity contribution >= 4 is 44.9 Å². The summed E-state index contributed by atoms with van der Waals surface area (Å²) in [5, 5.41) is 10.5. The number of thioether (sulfide) groups is 1. The Kier molecular flexibility index (Phi) is 6.44. The minimum atomic E-state index is -0.177. The molecule has 0 atom stereocenters. The fraction of sp³-hybridized carbons (Fsp3) is 0.391. The zero-order valence-corrected chi connectivity index (χ0v) is 19.3. The number of hydrogen-bond donors (Lipinski definition) is 0. The van der Waals surface area contributed by atoms with Crippen molar-refractivity contribution in [2.45, 2.75) is 50.7 Å². The third-order valence-electron chi connectivity index (χ3n) is 5.81. The summed E-state index contributed by atoms with van der Waals surface area (Å²) in [5.41, 5.74) is 1.70. The van der Waals surface area contributed by atoms with Gasteiger partial charge in [-0.05, 0) is 44.4 Å². The molecule has 0 N–H and O–H groups in total. The first-order chi connectivity index (χ1) is 15.0. The summed E-state index contributed by atoms with van der Waals surface area (Å²) in [5.74, 6) is -0.0616. The van der Waals surface area contributed by atoms with Crippen molar-refractivity contribution in [2.75, 3.05) is 17.2 Å². The second kappa shape index (κ2) is 9.25. The maximum absolute atomic E-state index is 13.5. The third kappa shape index (κ3) is 4.25. The fourth-order valence-electron chi connectivity index (χ4n) is 4.08. The Morgan fingerprint density at radius 1 is 1.29 bits per heavy atom. The van der Waals surface area contributed by atoms with Gasteiger partial charge in [0.2, 0.25) is 5.91 Å². The highest BCUT2D eigenvalue weighted by Gasteiger charge is 2.26. The molecule has 0 spiro atoms. The molecule has 0 aliphatic heterocycles. The molecule has 2 aromatic heterocycles. The predicted molar refractivity (Wildman–Crippen MR) is 126 cm³/mol. The lowest BCUT2D eigenvalue weighted by molar-refractivity contribution is -0.116. The Labute approximate surface area is 189 Å².